The van der Waals surface area contributed by atoms with Gasteiger partial charge in [-0.1, -0.05) is 50.2 Å². The Hall–Kier alpha value is -2.28. The van der Waals surface area contributed by atoms with Crippen molar-refractivity contribution in [3.63, 3.8) is 0 Å². The number of rotatable bonds is 6. The average molecular weight is 678 g/mol. The summed E-state index contributed by atoms with van der Waals surface area (Å²) in [6.45, 7) is 7.50. The number of nitrogens with one attached hydrogen (secondary N) is 1. The number of pyridine rings is 2. The van der Waals surface area contributed by atoms with Gasteiger partial charge in [0.2, 0.25) is 0 Å². The lowest BCUT2D eigenvalue weighted by Crippen LogP contribution is -2.39. The number of hydrogen-bond acceptors (Lipinski definition) is 9. The van der Waals surface area contributed by atoms with E-state index in [0.717, 1.165) is 36.4 Å². The van der Waals surface area contributed by atoms with E-state index in [0.29, 0.717) is 46.4 Å². The summed E-state index contributed by atoms with van der Waals surface area (Å²) in [5.74, 6) is 0. The van der Waals surface area contributed by atoms with Crippen LogP contribution in [0.5, 0.6) is 0 Å². The van der Waals surface area contributed by atoms with Crippen LogP contribution >= 0.6 is 35.6 Å². The van der Waals surface area contributed by atoms with Crippen LogP contribution in [0.1, 0.15) is 83.2 Å². The van der Waals surface area contributed by atoms with E-state index in [9.17, 15) is 15.0 Å². The largest absolute Gasteiger partial charge is 0.444 e. The van der Waals surface area contributed by atoms with Crippen LogP contribution in [-0.4, -0.2) is 86.4 Å². The Bertz CT molecular complexity index is 1270. The van der Waals surface area contributed by atoms with E-state index in [4.69, 9.17) is 38.2 Å². The van der Waals surface area contributed by atoms with Gasteiger partial charge in [-0.2, -0.15) is 0 Å². The molecule has 0 saturated carbocycles. The van der Waals surface area contributed by atoms with Crippen LogP contribution in [0, 0.1) is 0 Å². The second kappa shape index (κ2) is 19.3. The number of aliphatic hydroxyl groups excluding tert-OH is 4. The molecule has 0 spiro atoms. The number of ether oxygens (including phenoxy) is 1. The van der Waals surface area contributed by atoms with Crippen LogP contribution in [0.3, 0.4) is 0 Å². The van der Waals surface area contributed by atoms with Crippen molar-refractivity contribution in [1.29, 1.82) is 0 Å². The average Bonchev–Trinajstić information content (AvgIpc) is 2.96. The normalized spacial score (nSPS) is 15.9. The lowest BCUT2D eigenvalue weighted by molar-refractivity contribution is 0.0270. The van der Waals surface area contributed by atoms with Crippen LogP contribution in [0.2, 0.25) is 10.0 Å². The maximum atomic E-state index is 12.1. The fourth-order valence-corrected chi connectivity index (χ4v) is 4.76. The number of halogens is 3. The van der Waals surface area contributed by atoms with Gasteiger partial charge >= 0.3 is 6.09 Å². The quantitative estimate of drug-likeness (QED) is 0.263. The van der Waals surface area contributed by atoms with E-state index in [2.05, 4.69) is 21.4 Å². The molecule has 4 heterocycles. The fourth-order valence-electron chi connectivity index (χ4n) is 4.17. The molecule has 0 unspecified atom stereocenters. The van der Waals surface area contributed by atoms with Crippen molar-refractivity contribution >= 4 is 52.8 Å². The van der Waals surface area contributed by atoms with Crippen molar-refractivity contribution in [2.24, 2.45) is 0 Å². The van der Waals surface area contributed by atoms with Crippen molar-refractivity contribution < 1.29 is 30.0 Å². The highest BCUT2D eigenvalue weighted by molar-refractivity contribution is 6.32. The molecule has 0 aromatic carbocycles. The molecular formula is C31H47Cl3N4O6. The number of aliphatic hydroxyl groups is 4. The minimum atomic E-state index is -0.993. The first-order chi connectivity index (χ1) is 19.4. The molecule has 0 aliphatic carbocycles. The summed E-state index contributed by atoms with van der Waals surface area (Å²) in [4.78, 5) is 22.3. The Morgan fingerprint density at radius 2 is 1.45 bits per heavy atom. The number of carbonyl (C=O) groups excluding carboxylic acids is 1. The first-order valence-corrected chi connectivity index (χ1v) is 14.1. The molecule has 5 N–H and O–H groups in total. The summed E-state index contributed by atoms with van der Waals surface area (Å²) in [5, 5.41) is 41.1. The van der Waals surface area contributed by atoms with Crippen LogP contribution in [0.4, 0.5) is 4.79 Å². The summed E-state index contributed by atoms with van der Waals surface area (Å²) in [5.41, 5.74) is 3.96. The SMILES string of the molecule is C.C.CC(C)(C)OC(=O)N1CC=C(c2ncc([C@H](O)CO)cc2Cl)CC1.Cl.OC[C@@H](O)c1cnc(C2=CCNCC2)c(Cl)c1. The van der Waals surface area contributed by atoms with Crippen molar-refractivity contribution in [2.75, 3.05) is 39.4 Å². The monoisotopic (exact) mass is 676 g/mol. The van der Waals surface area contributed by atoms with Crippen molar-refractivity contribution in [1.82, 2.24) is 20.2 Å². The van der Waals surface area contributed by atoms with Gasteiger partial charge < -0.3 is 35.4 Å². The third-order valence-electron chi connectivity index (χ3n) is 6.37. The lowest BCUT2D eigenvalue weighted by Gasteiger charge is -2.29. The second-order valence-electron chi connectivity index (χ2n) is 10.7. The predicted octanol–water partition coefficient (Wildman–Crippen LogP) is 5.62. The Morgan fingerprint density at radius 1 is 0.955 bits per heavy atom. The van der Waals surface area contributed by atoms with Crippen LogP contribution in [0.15, 0.2) is 36.7 Å². The fraction of sp³-hybridized carbons (Fsp3) is 0.516. The molecule has 248 valence electrons. The van der Waals surface area contributed by atoms with Crippen LogP contribution < -0.4 is 5.32 Å². The van der Waals surface area contributed by atoms with Gasteiger partial charge in [0.15, 0.2) is 0 Å². The summed E-state index contributed by atoms with van der Waals surface area (Å²) < 4.78 is 5.36. The third-order valence-corrected chi connectivity index (χ3v) is 6.95. The molecule has 0 radical (unpaired) electrons. The molecule has 44 heavy (non-hydrogen) atoms. The summed E-state index contributed by atoms with van der Waals surface area (Å²) in [6, 6.07) is 3.26. The minimum Gasteiger partial charge on any atom is -0.444 e. The molecule has 2 aliphatic rings. The van der Waals surface area contributed by atoms with Gasteiger partial charge in [-0.3, -0.25) is 9.97 Å². The van der Waals surface area contributed by atoms with E-state index in [1.165, 1.54) is 6.20 Å². The molecule has 0 saturated heterocycles. The highest BCUT2D eigenvalue weighted by Crippen LogP contribution is 2.30. The van der Waals surface area contributed by atoms with Crippen molar-refractivity contribution in [3.8, 4) is 0 Å². The van der Waals surface area contributed by atoms with Crippen molar-refractivity contribution in [3.05, 3.63) is 69.2 Å². The van der Waals surface area contributed by atoms with Gasteiger partial charge in [-0.05, 0) is 63.4 Å². The number of aromatic nitrogens is 2. The third kappa shape index (κ3) is 11.9. The van der Waals surface area contributed by atoms with E-state index < -0.39 is 17.8 Å². The summed E-state index contributed by atoms with van der Waals surface area (Å²) >= 11 is 12.4. The standard InChI is InChI=1S/C17H23ClN2O4.C12H15ClN2O2.2CH4.ClH/c1-17(2,3)24-16(23)20-6-4-11(5-7-20)15-13(18)8-12(9-19-15)14(22)10-21;13-10-5-9(11(17)7-16)6-15-12(10)8-1-3-14-4-2-8;;;/h4,8-9,14,21-22H,5-7,10H2,1-3H3;1,5-6,11,14,16-17H,2-4,7H2;2*1H4;1H/t14-;11-;;;/m11.../s1. The molecule has 2 aromatic heterocycles. The summed E-state index contributed by atoms with van der Waals surface area (Å²) in [7, 11) is 0. The number of amides is 1. The number of nitrogens with zero attached hydrogens (tertiary/aromatic N) is 3. The first-order valence-electron chi connectivity index (χ1n) is 13.4. The van der Waals surface area contributed by atoms with Gasteiger partial charge in [0.1, 0.15) is 17.8 Å². The summed E-state index contributed by atoms with van der Waals surface area (Å²) in [6.07, 6.45) is 6.31. The molecule has 2 aromatic rings. The molecule has 2 atom stereocenters. The smallest absolute Gasteiger partial charge is 0.410 e. The maximum absolute atomic E-state index is 12.1. The molecule has 2 aliphatic heterocycles. The highest BCUT2D eigenvalue weighted by atomic mass is 35.5. The van der Waals surface area contributed by atoms with Gasteiger partial charge in [0.25, 0.3) is 0 Å². The molecular weight excluding hydrogens is 631 g/mol. The minimum absolute atomic E-state index is 0. The number of hydrogen-bond donors (Lipinski definition) is 5. The van der Waals surface area contributed by atoms with E-state index in [1.54, 1.807) is 23.2 Å². The zero-order valence-corrected chi connectivity index (χ0v) is 26.2. The predicted molar refractivity (Wildman–Crippen MR) is 179 cm³/mol. The van der Waals surface area contributed by atoms with Gasteiger partial charge in [0, 0.05) is 43.2 Å². The first kappa shape index (κ1) is 41.7. The Kier molecular flexibility index (Phi) is 18.3. The molecule has 1 amide bonds. The van der Waals surface area contributed by atoms with Gasteiger partial charge in [-0.15, -0.1) is 12.4 Å². The van der Waals surface area contributed by atoms with Gasteiger partial charge in [0.05, 0.1) is 34.6 Å². The molecule has 13 heteroatoms. The van der Waals surface area contributed by atoms with Crippen molar-refractivity contribution in [2.45, 2.75) is 66.3 Å². The number of carbonyl (C=O) groups is 1. The molecule has 10 nitrogen and oxygen atoms in total. The van der Waals surface area contributed by atoms with E-state index in [-0.39, 0.29) is 46.6 Å². The van der Waals surface area contributed by atoms with E-state index in [1.807, 2.05) is 26.8 Å². The van der Waals surface area contributed by atoms with Gasteiger partial charge in [-0.25, -0.2) is 4.79 Å². The molecule has 0 bridgehead atoms. The topological polar surface area (TPSA) is 148 Å². The van der Waals surface area contributed by atoms with Crippen LogP contribution in [0.25, 0.3) is 11.1 Å². The molecule has 4 rings (SSSR count). The Morgan fingerprint density at radius 3 is 1.82 bits per heavy atom. The second-order valence-corrected chi connectivity index (χ2v) is 11.5. The highest BCUT2D eigenvalue weighted by Gasteiger charge is 2.25. The lowest BCUT2D eigenvalue weighted by atomic mass is 10.0. The maximum Gasteiger partial charge on any atom is 0.410 e. The zero-order chi connectivity index (χ0) is 30.2. The Balaban J connectivity index is 0.000000824. The van der Waals surface area contributed by atoms with Crippen LogP contribution in [-0.2, 0) is 4.74 Å². The molecule has 0 fully saturated rings. The van der Waals surface area contributed by atoms with E-state index >= 15 is 0 Å². The Labute approximate surface area is 277 Å². The zero-order valence-electron chi connectivity index (χ0n) is 23.9.